The molecule has 28 heavy (non-hydrogen) atoms. The molecule has 1 unspecified atom stereocenters. The number of pyridine rings is 1. The first-order valence-corrected chi connectivity index (χ1v) is 10.2. The summed E-state index contributed by atoms with van der Waals surface area (Å²) in [6, 6.07) is 10.4. The minimum absolute atomic E-state index is 0.0239. The number of hydrogen-bond donors (Lipinski definition) is 1. The van der Waals surface area contributed by atoms with Crippen LogP contribution in [0.25, 0.3) is 10.9 Å². The summed E-state index contributed by atoms with van der Waals surface area (Å²) in [4.78, 5) is 15.7. The average molecular weight is 398 g/mol. The van der Waals surface area contributed by atoms with Crippen LogP contribution < -0.4 is 5.32 Å². The molecule has 2 aromatic heterocycles. The first-order valence-electron chi connectivity index (χ1n) is 9.34. The smallest absolute Gasteiger partial charge is 0.193 e. The zero-order valence-corrected chi connectivity index (χ0v) is 17.7. The first kappa shape index (κ1) is 20.2. The Morgan fingerprint density at radius 3 is 2.93 bits per heavy atom. The SMILES string of the molecule is CN=C(NCCc1cccc2cccnc12)N(C)Cc1csc(C(C)OC)n1. The zero-order valence-electron chi connectivity index (χ0n) is 16.8. The van der Waals surface area contributed by atoms with Crippen molar-refractivity contribution in [2.75, 3.05) is 27.7 Å². The second kappa shape index (κ2) is 9.61. The number of methoxy groups -OCH3 is 1. The van der Waals surface area contributed by atoms with Crippen LogP contribution in [0.4, 0.5) is 0 Å². The second-order valence-corrected chi connectivity index (χ2v) is 7.52. The number of para-hydroxylation sites is 1. The molecule has 7 heteroatoms. The van der Waals surface area contributed by atoms with Crippen LogP contribution in [0.15, 0.2) is 46.9 Å². The quantitative estimate of drug-likeness (QED) is 0.487. The molecule has 1 N–H and O–H groups in total. The Kier molecular flexibility index (Phi) is 6.95. The Labute approximate surface area is 170 Å². The summed E-state index contributed by atoms with van der Waals surface area (Å²) >= 11 is 1.63. The number of hydrogen-bond acceptors (Lipinski definition) is 5. The lowest BCUT2D eigenvalue weighted by Crippen LogP contribution is -2.39. The maximum absolute atomic E-state index is 5.34. The van der Waals surface area contributed by atoms with E-state index in [0.717, 1.165) is 35.1 Å². The number of aliphatic imine (C=N–C) groups is 1. The second-order valence-electron chi connectivity index (χ2n) is 6.63. The Morgan fingerprint density at radius 2 is 2.14 bits per heavy atom. The highest BCUT2D eigenvalue weighted by Gasteiger charge is 2.12. The molecule has 0 aliphatic rings. The molecule has 0 aliphatic carbocycles. The third-order valence-corrected chi connectivity index (χ3v) is 5.69. The van der Waals surface area contributed by atoms with Crippen LogP contribution >= 0.6 is 11.3 Å². The van der Waals surface area contributed by atoms with Crippen LogP contribution in [0.3, 0.4) is 0 Å². The number of ether oxygens (including phenoxy) is 1. The third kappa shape index (κ3) is 4.85. The van der Waals surface area contributed by atoms with Crippen molar-refractivity contribution >= 4 is 28.2 Å². The molecule has 0 spiro atoms. The van der Waals surface area contributed by atoms with Gasteiger partial charge in [0.2, 0.25) is 0 Å². The number of guanidine groups is 1. The number of rotatable bonds is 7. The molecule has 3 rings (SSSR count). The van der Waals surface area contributed by atoms with Gasteiger partial charge in [0.05, 0.1) is 17.8 Å². The maximum atomic E-state index is 5.34. The highest BCUT2D eigenvalue weighted by Crippen LogP contribution is 2.21. The summed E-state index contributed by atoms with van der Waals surface area (Å²) in [5.74, 6) is 0.850. The number of thiazole rings is 1. The largest absolute Gasteiger partial charge is 0.375 e. The van der Waals surface area contributed by atoms with Crippen molar-refractivity contribution in [1.29, 1.82) is 0 Å². The molecular formula is C21H27N5OS. The lowest BCUT2D eigenvalue weighted by molar-refractivity contribution is 0.119. The minimum Gasteiger partial charge on any atom is -0.375 e. The molecule has 0 bridgehead atoms. The van der Waals surface area contributed by atoms with Crippen molar-refractivity contribution in [3.05, 3.63) is 58.2 Å². The monoisotopic (exact) mass is 397 g/mol. The molecule has 0 saturated carbocycles. The van der Waals surface area contributed by atoms with Gasteiger partial charge in [-0.1, -0.05) is 24.3 Å². The Hall–Kier alpha value is -2.51. The maximum Gasteiger partial charge on any atom is 0.193 e. The van der Waals surface area contributed by atoms with Gasteiger partial charge in [0.1, 0.15) is 11.1 Å². The molecule has 1 atom stereocenters. The lowest BCUT2D eigenvalue weighted by atomic mass is 10.1. The van der Waals surface area contributed by atoms with E-state index in [4.69, 9.17) is 4.74 Å². The van der Waals surface area contributed by atoms with Gasteiger partial charge in [0.25, 0.3) is 0 Å². The highest BCUT2D eigenvalue weighted by molar-refractivity contribution is 7.09. The van der Waals surface area contributed by atoms with E-state index in [2.05, 4.69) is 54.8 Å². The predicted octanol–water partition coefficient (Wildman–Crippen LogP) is 3.65. The lowest BCUT2D eigenvalue weighted by Gasteiger charge is -2.21. The third-order valence-electron chi connectivity index (χ3n) is 4.64. The van der Waals surface area contributed by atoms with E-state index in [-0.39, 0.29) is 6.10 Å². The van der Waals surface area contributed by atoms with Crippen LogP contribution in [0, 0.1) is 0 Å². The van der Waals surface area contributed by atoms with E-state index in [0.29, 0.717) is 6.54 Å². The Bertz CT molecular complexity index is 934. The Morgan fingerprint density at radius 1 is 1.32 bits per heavy atom. The first-order chi connectivity index (χ1) is 13.6. The van der Waals surface area contributed by atoms with Crippen LogP contribution in [0.1, 0.15) is 29.3 Å². The molecular weight excluding hydrogens is 370 g/mol. The molecule has 0 amide bonds. The van der Waals surface area contributed by atoms with Gasteiger partial charge in [-0.05, 0) is 25.0 Å². The number of nitrogens with zero attached hydrogens (tertiary/aromatic N) is 4. The van der Waals surface area contributed by atoms with Gasteiger partial charge in [-0.2, -0.15) is 0 Å². The number of nitrogens with one attached hydrogen (secondary N) is 1. The molecule has 0 saturated heterocycles. The van der Waals surface area contributed by atoms with Crippen molar-refractivity contribution in [2.24, 2.45) is 4.99 Å². The molecule has 0 radical (unpaired) electrons. The fourth-order valence-electron chi connectivity index (χ4n) is 3.06. The van der Waals surface area contributed by atoms with Gasteiger partial charge in [0.15, 0.2) is 5.96 Å². The molecule has 1 aromatic carbocycles. The van der Waals surface area contributed by atoms with Gasteiger partial charge in [-0.3, -0.25) is 9.98 Å². The van der Waals surface area contributed by atoms with E-state index in [1.807, 2.05) is 26.2 Å². The van der Waals surface area contributed by atoms with Gasteiger partial charge in [-0.15, -0.1) is 11.3 Å². The molecule has 2 heterocycles. The van der Waals surface area contributed by atoms with E-state index in [1.165, 1.54) is 10.9 Å². The average Bonchev–Trinajstić information content (AvgIpc) is 3.19. The fraction of sp³-hybridized carbons (Fsp3) is 0.381. The Balaban J connectivity index is 1.57. The fourth-order valence-corrected chi connectivity index (χ4v) is 3.91. The summed E-state index contributed by atoms with van der Waals surface area (Å²) in [5.41, 5.74) is 3.33. The van der Waals surface area contributed by atoms with E-state index >= 15 is 0 Å². The van der Waals surface area contributed by atoms with Gasteiger partial charge < -0.3 is 15.0 Å². The van der Waals surface area contributed by atoms with Gasteiger partial charge in [-0.25, -0.2) is 4.98 Å². The number of fused-ring (bicyclic) bond motifs is 1. The van der Waals surface area contributed by atoms with Gasteiger partial charge >= 0.3 is 0 Å². The zero-order chi connectivity index (χ0) is 19.9. The van der Waals surface area contributed by atoms with Crippen molar-refractivity contribution in [3.8, 4) is 0 Å². The van der Waals surface area contributed by atoms with Crippen molar-refractivity contribution in [3.63, 3.8) is 0 Å². The van der Waals surface area contributed by atoms with Crippen LogP contribution in [-0.2, 0) is 17.7 Å². The highest BCUT2D eigenvalue weighted by atomic mass is 32.1. The summed E-state index contributed by atoms with van der Waals surface area (Å²) in [6.45, 7) is 3.49. The van der Waals surface area contributed by atoms with Crippen LogP contribution in [-0.4, -0.2) is 48.6 Å². The van der Waals surface area contributed by atoms with Crippen molar-refractivity contribution in [1.82, 2.24) is 20.2 Å². The number of benzene rings is 1. The van der Waals surface area contributed by atoms with Crippen molar-refractivity contribution in [2.45, 2.75) is 26.0 Å². The molecule has 0 aliphatic heterocycles. The van der Waals surface area contributed by atoms with E-state index in [1.54, 1.807) is 25.5 Å². The van der Waals surface area contributed by atoms with Crippen LogP contribution in [0.5, 0.6) is 0 Å². The van der Waals surface area contributed by atoms with Crippen molar-refractivity contribution < 1.29 is 4.74 Å². The topological polar surface area (TPSA) is 62.6 Å². The van der Waals surface area contributed by atoms with E-state index < -0.39 is 0 Å². The summed E-state index contributed by atoms with van der Waals surface area (Å²) in [7, 11) is 5.53. The summed E-state index contributed by atoms with van der Waals surface area (Å²) in [5, 5.41) is 7.69. The summed E-state index contributed by atoms with van der Waals surface area (Å²) < 4.78 is 5.34. The van der Waals surface area contributed by atoms with E-state index in [9.17, 15) is 0 Å². The minimum atomic E-state index is 0.0239. The molecule has 0 fully saturated rings. The molecule has 148 valence electrons. The standard InChI is InChI=1S/C21H27N5OS/c1-15(27-4)20-25-18(14-28-20)13-26(3)21(22-2)24-12-10-17-8-5-7-16-9-6-11-23-19(16)17/h5-9,11,14-15H,10,12-13H2,1-4H3,(H,22,24). The predicted molar refractivity (Wildman–Crippen MR) is 116 cm³/mol. The van der Waals surface area contributed by atoms with Gasteiger partial charge in [0, 0.05) is 44.7 Å². The number of aromatic nitrogens is 2. The molecule has 6 nitrogen and oxygen atoms in total. The summed E-state index contributed by atoms with van der Waals surface area (Å²) in [6.07, 6.45) is 2.75. The molecule has 3 aromatic rings. The van der Waals surface area contributed by atoms with Crippen LogP contribution in [0.2, 0.25) is 0 Å². The normalized spacial score (nSPS) is 12.9.